The van der Waals surface area contributed by atoms with Gasteiger partial charge < -0.3 is 5.32 Å². The number of rotatable bonds is 7. The number of carbonyl (C=O) groups is 1. The summed E-state index contributed by atoms with van der Waals surface area (Å²) in [5, 5.41) is 7.06. The molecule has 0 bridgehead atoms. The van der Waals surface area contributed by atoms with Crippen molar-refractivity contribution < 1.29 is 4.79 Å². The minimum atomic E-state index is -0.112. The first-order valence-electron chi connectivity index (χ1n) is 8.70. The normalized spacial score (nSPS) is 22.4. The molecule has 0 spiro atoms. The van der Waals surface area contributed by atoms with Gasteiger partial charge in [0.2, 0.25) is 5.13 Å². The van der Waals surface area contributed by atoms with E-state index in [4.69, 9.17) is 0 Å². The van der Waals surface area contributed by atoms with Gasteiger partial charge in [-0.25, -0.2) is 4.98 Å². The van der Waals surface area contributed by atoms with E-state index >= 15 is 0 Å². The number of nitrogens with one attached hydrogen (secondary N) is 2. The lowest BCUT2D eigenvalue weighted by Gasteiger charge is -2.06. The molecule has 2 atom stereocenters. The Morgan fingerprint density at radius 1 is 1.38 bits per heavy atom. The van der Waals surface area contributed by atoms with E-state index in [1.54, 1.807) is 0 Å². The molecule has 0 aliphatic heterocycles. The highest BCUT2D eigenvalue weighted by atomic mass is 32.1. The first-order valence-corrected chi connectivity index (χ1v) is 9.47. The second-order valence-corrected chi connectivity index (χ2v) is 7.50. The zero-order chi connectivity index (χ0) is 16.5. The van der Waals surface area contributed by atoms with Gasteiger partial charge in [-0.1, -0.05) is 19.1 Å². The van der Waals surface area contributed by atoms with Crippen LogP contribution >= 0.6 is 11.5 Å². The molecule has 1 aromatic heterocycles. The number of nitrogens with zero attached hydrogens (tertiary/aromatic N) is 2. The van der Waals surface area contributed by atoms with E-state index in [0.717, 1.165) is 24.7 Å². The maximum Gasteiger partial charge on any atom is 0.257 e. The van der Waals surface area contributed by atoms with Gasteiger partial charge in [0, 0.05) is 35.5 Å². The van der Waals surface area contributed by atoms with Crippen LogP contribution in [0, 0.1) is 5.92 Å². The quantitative estimate of drug-likeness (QED) is 0.811. The number of hydrogen-bond acceptors (Lipinski definition) is 5. The summed E-state index contributed by atoms with van der Waals surface area (Å²) in [4.78, 5) is 16.7. The maximum atomic E-state index is 12.4. The summed E-state index contributed by atoms with van der Waals surface area (Å²) in [6, 6.07) is 8.55. The first-order chi connectivity index (χ1) is 11.7. The van der Waals surface area contributed by atoms with Crippen LogP contribution in [0.5, 0.6) is 0 Å². The highest BCUT2D eigenvalue weighted by molar-refractivity contribution is 7.09. The van der Waals surface area contributed by atoms with Gasteiger partial charge in [-0.05, 0) is 49.4 Å². The number of aryl methyl sites for hydroxylation is 1. The fourth-order valence-corrected chi connectivity index (χ4v) is 3.60. The summed E-state index contributed by atoms with van der Waals surface area (Å²) < 4.78 is 4.19. The van der Waals surface area contributed by atoms with Crippen LogP contribution < -0.4 is 10.6 Å². The molecule has 0 saturated heterocycles. The zero-order valence-electron chi connectivity index (χ0n) is 13.8. The van der Waals surface area contributed by atoms with E-state index in [-0.39, 0.29) is 5.91 Å². The van der Waals surface area contributed by atoms with Gasteiger partial charge in [-0.3, -0.25) is 10.1 Å². The molecule has 2 aliphatic rings. The van der Waals surface area contributed by atoms with Crippen molar-refractivity contribution in [3.8, 4) is 0 Å². The van der Waals surface area contributed by atoms with Gasteiger partial charge in [0.05, 0.1) is 0 Å². The lowest BCUT2D eigenvalue weighted by atomic mass is 10.1. The monoisotopic (exact) mass is 342 g/mol. The molecular formula is C18H22N4OS. The number of hydrogen-bond donors (Lipinski definition) is 2. The SMILES string of the molecule is CCc1nsc(NC(=O)c2cccc([C@@H]3C[C@H]3NCC3CC3)c2)n1. The molecular weight excluding hydrogens is 320 g/mol. The van der Waals surface area contributed by atoms with Gasteiger partial charge in [-0.15, -0.1) is 0 Å². The molecule has 5 nitrogen and oxygen atoms in total. The van der Waals surface area contributed by atoms with Gasteiger partial charge in [0.15, 0.2) is 0 Å². The lowest BCUT2D eigenvalue weighted by Crippen LogP contribution is -2.20. The molecule has 1 amide bonds. The molecule has 2 aromatic rings. The summed E-state index contributed by atoms with van der Waals surface area (Å²) in [7, 11) is 0. The third-order valence-corrected chi connectivity index (χ3v) is 5.41. The molecule has 6 heteroatoms. The number of aromatic nitrogens is 2. The van der Waals surface area contributed by atoms with Crippen molar-refractivity contribution >= 4 is 22.6 Å². The fraction of sp³-hybridized carbons (Fsp3) is 0.500. The Hall–Kier alpha value is -1.79. The summed E-state index contributed by atoms with van der Waals surface area (Å²) in [5.41, 5.74) is 1.94. The van der Waals surface area contributed by atoms with Crippen LogP contribution in [0.3, 0.4) is 0 Å². The summed E-state index contributed by atoms with van der Waals surface area (Å²) >= 11 is 1.23. The van der Waals surface area contributed by atoms with Crippen LogP contribution in [0.15, 0.2) is 24.3 Å². The van der Waals surface area contributed by atoms with Crippen molar-refractivity contribution in [1.82, 2.24) is 14.7 Å². The topological polar surface area (TPSA) is 66.9 Å². The summed E-state index contributed by atoms with van der Waals surface area (Å²) in [6.07, 6.45) is 4.71. The molecule has 126 valence electrons. The molecule has 2 saturated carbocycles. The minimum absolute atomic E-state index is 0.112. The number of anilines is 1. The lowest BCUT2D eigenvalue weighted by molar-refractivity contribution is 0.102. The zero-order valence-corrected chi connectivity index (χ0v) is 14.6. The van der Waals surface area contributed by atoms with Gasteiger partial charge >= 0.3 is 0 Å². The van der Waals surface area contributed by atoms with Crippen LogP contribution in [0.25, 0.3) is 0 Å². The molecule has 2 N–H and O–H groups in total. The van der Waals surface area contributed by atoms with E-state index in [2.05, 4.69) is 26.1 Å². The number of amides is 1. The van der Waals surface area contributed by atoms with Crippen molar-refractivity contribution in [2.45, 2.75) is 44.6 Å². The Labute approximate surface area is 146 Å². The first kappa shape index (κ1) is 15.7. The van der Waals surface area contributed by atoms with Crippen molar-refractivity contribution in [3.05, 3.63) is 41.2 Å². The summed E-state index contributed by atoms with van der Waals surface area (Å²) in [5.74, 6) is 2.11. The van der Waals surface area contributed by atoms with E-state index in [0.29, 0.717) is 22.7 Å². The Morgan fingerprint density at radius 2 is 2.25 bits per heavy atom. The molecule has 4 rings (SSSR count). The Bertz CT molecular complexity index is 740. The molecule has 2 fully saturated rings. The minimum Gasteiger partial charge on any atom is -0.313 e. The maximum absolute atomic E-state index is 12.4. The predicted octanol–water partition coefficient (Wildman–Crippen LogP) is 3.21. The van der Waals surface area contributed by atoms with Gasteiger partial charge in [0.1, 0.15) is 5.82 Å². The summed E-state index contributed by atoms with van der Waals surface area (Å²) in [6.45, 7) is 3.15. The number of carbonyl (C=O) groups excluding carboxylic acids is 1. The molecule has 1 heterocycles. The predicted molar refractivity (Wildman–Crippen MR) is 95.6 cm³/mol. The standard InChI is InChI=1S/C18H22N4OS/c1-2-16-20-18(24-22-16)21-17(23)13-5-3-4-12(8-13)14-9-15(14)19-10-11-6-7-11/h3-5,8,11,14-15,19H,2,6-7,9-10H2,1H3,(H,20,21,22,23)/t14-,15+/m0/s1. The van der Waals surface area contributed by atoms with Gasteiger partial charge in [-0.2, -0.15) is 4.37 Å². The number of benzene rings is 1. The van der Waals surface area contributed by atoms with Crippen molar-refractivity contribution in [3.63, 3.8) is 0 Å². The van der Waals surface area contributed by atoms with E-state index in [9.17, 15) is 4.79 Å². The van der Waals surface area contributed by atoms with Crippen LogP contribution in [-0.4, -0.2) is 27.9 Å². The van der Waals surface area contributed by atoms with Crippen LogP contribution in [0.1, 0.15) is 53.8 Å². The Balaban J connectivity index is 1.37. The third-order valence-electron chi connectivity index (χ3n) is 4.74. The molecule has 1 aromatic carbocycles. The average molecular weight is 342 g/mol. The molecule has 0 unspecified atom stereocenters. The van der Waals surface area contributed by atoms with Crippen LogP contribution in [0.4, 0.5) is 5.13 Å². The van der Waals surface area contributed by atoms with Crippen molar-refractivity contribution in [2.24, 2.45) is 5.92 Å². The van der Waals surface area contributed by atoms with Crippen LogP contribution in [-0.2, 0) is 6.42 Å². The van der Waals surface area contributed by atoms with Gasteiger partial charge in [0.25, 0.3) is 5.91 Å². The Kier molecular flexibility index (Phi) is 4.33. The van der Waals surface area contributed by atoms with Crippen molar-refractivity contribution in [1.29, 1.82) is 0 Å². The van der Waals surface area contributed by atoms with E-state index in [1.165, 1.54) is 36.4 Å². The molecule has 24 heavy (non-hydrogen) atoms. The highest BCUT2D eigenvalue weighted by Crippen LogP contribution is 2.41. The smallest absolute Gasteiger partial charge is 0.257 e. The molecule has 0 radical (unpaired) electrons. The van der Waals surface area contributed by atoms with E-state index < -0.39 is 0 Å². The largest absolute Gasteiger partial charge is 0.313 e. The van der Waals surface area contributed by atoms with Crippen LogP contribution in [0.2, 0.25) is 0 Å². The fourth-order valence-electron chi connectivity index (χ4n) is 2.96. The third kappa shape index (κ3) is 3.65. The highest BCUT2D eigenvalue weighted by Gasteiger charge is 2.39. The Morgan fingerprint density at radius 3 is 3.00 bits per heavy atom. The average Bonchev–Trinajstić information content (AvgIpc) is 3.51. The molecule has 2 aliphatic carbocycles. The second-order valence-electron chi connectivity index (χ2n) is 6.75. The van der Waals surface area contributed by atoms with Crippen molar-refractivity contribution in [2.75, 3.05) is 11.9 Å². The van der Waals surface area contributed by atoms with E-state index in [1.807, 2.05) is 25.1 Å². The second kappa shape index (κ2) is 6.61.